The fraction of sp³-hybridized carbons (Fsp3) is 0.364. The number of aliphatic hydroxyl groups is 1. The normalized spacial score (nSPS) is 14.2. The molecule has 0 aliphatic rings. The fourth-order valence-corrected chi connectivity index (χ4v) is 1.32. The quantitative estimate of drug-likeness (QED) is 0.706. The van der Waals surface area contributed by atoms with Crippen molar-refractivity contribution in [2.45, 2.75) is 18.9 Å². The van der Waals surface area contributed by atoms with Gasteiger partial charge in [0.15, 0.2) is 17.1 Å². The zero-order valence-electron chi connectivity index (χ0n) is 9.10. The molecule has 0 saturated carbocycles. The van der Waals surface area contributed by atoms with E-state index < -0.39 is 11.6 Å². The molecule has 0 aromatic heterocycles. The van der Waals surface area contributed by atoms with Crippen molar-refractivity contribution in [1.82, 2.24) is 0 Å². The lowest BCUT2D eigenvalue weighted by atomic mass is 9.96. The number of para-hydroxylation sites is 1. The molecule has 5 heteroatoms. The van der Waals surface area contributed by atoms with Gasteiger partial charge in [-0.1, -0.05) is 12.1 Å². The molecule has 1 atom stereocenters. The third-order valence-corrected chi connectivity index (χ3v) is 2.30. The number of carbonyl (C=O) groups is 1. The van der Waals surface area contributed by atoms with Crippen LogP contribution in [-0.2, 0) is 11.2 Å². The van der Waals surface area contributed by atoms with Crippen molar-refractivity contribution in [3.63, 3.8) is 0 Å². The minimum absolute atomic E-state index is 0.147. The second-order valence-corrected chi connectivity index (χ2v) is 3.72. The maximum Gasteiger partial charge on any atom is 0.335 e. The smallest absolute Gasteiger partial charge is 0.335 e. The Morgan fingerprint density at radius 1 is 1.50 bits per heavy atom. The van der Waals surface area contributed by atoms with E-state index in [2.05, 4.69) is 0 Å². The molecule has 0 aliphatic heterocycles. The van der Waals surface area contributed by atoms with Crippen molar-refractivity contribution in [1.29, 1.82) is 0 Å². The van der Waals surface area contributed by atoms with Crippen LogP contribution in [0.25, 0.3) is 0 Å². The molecule has 0 amide bonds. The monoisotopic (exact) mass is 226 g/mol. The number of carboxylic acid groups (broad SMARTS) is 1. The van der Waals surface area contributed by atoms with Crippen LogP contribution in [0, 0.1) is 0 Å². The molecule has 5 nitrogen and oxygen atoms in total. The van der Waals surface area contributed by atoms with Crippen molar-refractivity contribution in [3.05, 3.63) is 23.8 Å². The van der Waals surface area contributed by atoms with E-state index in [-0.39, 0.29) is 17.9 Å². The molecule has 0 fully saturated rings. The molecule has 1 aromatic carbocycles. The molecule has 0 saturated heterocycles. The molecule has 1 aromatic rings. The van der Waals surface area contributed by atoms with Crippen LogP contribution < -0.4 is 4.74 Å². The van der Waals surface area contributed by atoms with Crippen LogP contribution in [0.1, 0.15) is 12.5 Å². The molecule has 0 aliphatic carbocycles. The number of phenols is 1. The van der Waals surface area contributed by atoms with Gasteiger partial charge in [-0.2, -0.15) is 0 Å². The third kappa shape index (κ3) is 2.43. The minimum atomic E-state index is -1.91. The van der Waals surface area contributed by atoms with Gasteiger partial charge >= 0.3 is 5.97 Å². The zero-order valence-corrected chi connectivity index (χ0v) is 9.10. The number of ether oxygens (including phenoxy) is 1. The Morgan fingerprint density at radius 2 is 2.12 bits per heavy atom. The van der Waals surface area contributed by atoms with E-state index in [4.69, 9.17) is 9.84 Å². The summed E-state index contributed by atoms with van der Waals surface area (Å²) in [6.45, 7) is 1.17. The second kappa shape index (κ2) is 4.40. The van der Waals surface area contributed by atoms with Gasteiger partial charge in [-0.05, 0) is 13.0 Å². The number of hydrogen-bond donors (Lipinski definition) is 3. The first-order valence-corrected chi connectivity index (χ1v) is 4.69. The van der Waals surface area contributed by atoms with Crippen molar-refractivity contribution in [2.75, 3.05) is 7.11 Å². The lowest BCUT2D eigenvalue weighted by Crippen LogP contribution is -2.37. The van der Waals surface area contributed by atoms with Crippen molar-refractivity contribution >= 4 is 5.97 Å². The third-order valence-electron chi connectivity index (χ3n) is 2.30. The van der Waals surface area contributed by atoms with Crippen molar-refractivity contribution in [3.8, 4) is 11.5 Å². The Bertz CT molecular complexity index is 397. The lowest BCUT2D eigenvalue weighted by molar-refractivity contribution is -0.156. The van der Waals surface area contributed by atoms with Crippen molar-refractivity contribution < 1.29 is 24.9 Å². The minimum Gasteiger partial charge on any atom is -0.504 e. The number of hydrogen-bond acceptors (Lipinski definition) is 4. The van der Waals surface area contributed by atoms with Gasteiger partial charge in [-0.3, -0.25) is 0 Å². The van der Waals surface area contributed by atoms with Gasteiger partial charge in [0.25, 0.3) is 0 Å². The summed E-state index contributed by atoms with van der Waals surface area (Å²) in [5, 5.41) is 28.0. The van der Waals surface area contributed by atoms with Gasteiger partial charge in [-0.15, -0.1) is 0 Å². The van der Waals surface area contributed by atoms with Gasteiger partial charge in [0.05, 0.1) is 7.11 Å². The Kier molecular flexibility index (Phi) is 3.39. The molecule has 0 bridgehead atoms. The van der Waals surface area contributed by atoms with E-state index >= 15 is 0 Å². The number of aliphatic carboxylic acids is 1. The maximum absolute atomic E-state index is 10.7. The summed E-state index contributed by atoms with van der Waals surface area (Å²) in [4.78, 5) is 10.7. The van der Waals surface area contributed by atoms with Gasteiger partial charge in [0.2, 0.25) is 0 Å². The summed E-state index contributed by atoms with van der Waals surface area (Å²) in [6.07, 6.45) is -0.189. The summed E-state index contributed by atoms with van der Waals surface area (Å²) in [6, 6.07) is 4.70. The van der Waals surface area contributed by atoms with Crippen LogP contribution in [0.2, 0.25) is 0 Å². The van der Waals surface area contributed by atoms with Gasteiger partial charge in [0, 0.05) is 12.0 Å². The van der Waals surface area contributed by atoms with Gasteiger partial charge < -0.3 is 20.1 Å². The standard InChI is InChI=1S/C11H14O5/c1-11(15,10(13)14)6-7-4-3-5-8(16-2)9(7)12/h3-5,12,15H,6H2,1-2H3,(H,13,14). The van der Waals surface area contributed by atoms with Gasteiger partial charge in [0.1, 0.15) is 0 Å². The average molecular weight is 226 g/mol. The first-order valence-electron chi connectivity index (χ1n) is 4.69. The van der Waals surface area contributed by atoms with E-state index in [1.54, 1.807) is 12.1 Å². The molecule has 1 rings (SSSR count). The number of carboxylic acids is 1. The summed E-state index contributed by atoms with van der Waals surface area (Å²) in [7, 11) is 1.40. The molecule has 0 radical (unpaired) electrons. The predicted octanol–water partition coefficient (Wildman–Crippen LogP) is 0.779. The van der Waals surface area contributed by atoms with E-state index in [9.17, 15) is 15.0 Å². The summed E-state index contributed by atoms with van der Waals surface area (Å²) in [5.41, 5.74) is -1.59. The number of benzene rings is 1. The molecule has 1 unspecified atom stereocenters. The van der Waals surface area contributed by atoms with E-state index in [0.717, 1.165) is 0 Å². The molecular weight excluding hydrogens is 212 g/mol. The fourth-order valence-electron chi connectivity index (χ4n) is 1.32. The maximum atomic E-state index is 10.7. The SMILES string of the molecule is COc1cccc(CC(C)(O)C(=O)O)c1O. The summed E-state index contributed by atoms with van der Waals surface area (Å²) in [5.74, 6) is -1.24. The predicted molar refractivity (Wildman–Crippen MR) is 56.6 cm³/mol. The first-order chi connectivity index (χ1) is 7.38. The summed E-state index contributed by atoms with van der Waals surface area (Å²) < 4.78 is 4.88. The van der Waals surface area contributed by atoms with Crippen LogP contribution in [0.3, 0.4) is 0 Å². The largest absolute Gasteiger partial charge is 0.504 e. The highest BCUT2D eigenvalue weighted by Gasteiger charge is 2.31. The molecule has 0 spiro atoms. The Morgan fingerprint density at radius 3 is 2.62 bits per heavy atom. The number of rotatable bonds is 4. The highest BCUT2D eigenvalue weighted by molar-refractivity contribution is 5.77. The topological polar surface area (TPSA) is 87.0 Å². The molecule has 88 valence electrons. The Hall–Kier alpha value is -1.75. The average Bonchev–Trinajstić information content (AvgIpc) is 2.20. The van der Waals surface area contributed by atoms with Crippen LogP contribution in [0.15, 0.2) is 18.2 Å². The van der Waals surface area contributed by atoms with Crippen LogP contribution in [0.4, 0.5) is 0 Å². The van der Waals surface area contributed by atoms with Gasteiger partial charge in [-0.25, -0.2) is 4.79 Å². The molecular formula is C11H14O5. The second-order valence-electron chi connectivity index (χ2n) is 3.72. The van der Waals surface area contributed by atoms with Crippen LogP contribution >= 0.6 is 0 Å². The van der Waals surface area contributed by atoms with Crippen LogP contribution in [-0.4, -0.2) is 34.0 Å². The van der Waals surface area contributed by atoms with Crippen LogP contribution in [0.5, 0.6) is 11.5 Å². The molecule has 16 heavy (non-hydrogen) atoms. The molecule has 3 N–H and O–H groups in total. The summed E-state index contributed by atoms with van der Waals surface area (Å²) >= 11 is 0. The van der Waals surface area contributed by atoms with E-state index in [0.29, 0.717) is 5.56 Å². The first kappa shape index (κ1) is 12.3. The van der Waals surface area contributed by atoms with E-state index in [1.165, 1.54) is 20.1 Å². The number of aromatic hydroxyl groups is 1. The Balaban J connectivity index is 3.02. The molecule has 0 heterocycles. The van der Waals surface area contributed by atoms with Crippen molar-refractivity contribution in [2.24, 2.45) is 0 Å². The lowest BCUT2D eigenvalue weighted by Gasteiger charge is -2.19. The highest BCUT2D eigenvalue weighted by atomic mass is 16.5. The zero-order chi connectivity index (χ0) is 12.3. The number of methoxy groups -OCH3 is 1. The van der Waals surface area contributed by atoms with E-state index in [1.807, 2.05) is 0 Å². The Labute approximate surface area is 92.9 Å². The highest BCUT2D eigenvalue weighted by Crippen LogP contribution is 2.31. The number of phenolic OH excluding ortho intramolecular Hbond substituents is 1.